The van der Waals surface area contributed by atoms with Gasteiger partial charge in [0.05, 0.1) is 5.75 Å². The summed E-state index contributed by atoms with van der Waals surface area (Å²) >= 11 is 2.85. The first-order valence-corrected chi connectivity index (χ1v) is 14.1. The molecule has 0 aliphatic carbocycles. The van der Waals surface area contributed by atoms with Crippen molar-refractivity contribution in [2.75, 3.05) is 24.8 Å². The number of anilines is 1. The Morgan fingerprint density at radius 3 is 2.77 bits per heavy atom. The van der Waals surface area contributed by atoms with Crippen LogP contribution >= 0.6 is 23.1 Å². The van der Waals surface area contributed by atoms with Gasteiger partial charge in [-0.25, -0.2) is 33.1 Å². The lowest BCUT2D eigenvalue weighted by atomic mass is 10.2. The summed E-state index contributed by atoms with van der Waals surface area (Å²) in [6.45, 7) is 4.56. The topological polar surface area (TPSA) is 147 Å². The van der Waals surface area contributed by atoms with Crippen molar-refractivity contribution in [1.29, 1.82) is 0 Å². The second-order valence-corrected chi connectivity index (χ2v) is 12.0. The van der Waals surface area contributed by atoms with E-state index in [-0.39, 0.29) is 30.8 Å². The van der Waals surface area contributed by atoms with Gasteiger partial charge in [0.1, 0.15) is 11.3 Å². The first-order valence-electron chi connectivity index (χ1n) is 10.8. The van der Waals surface area contributed by atoms with E-state index in [1.54, 1.807) is 10.8 Å². The van der Waals surface area contributed by atoms with Crippen molar-refractivity contribution in [1.82, 2.24) is 29.2 Å². The molecule has 35 heavy (non-hydrogen) atoms. The number of nitrogens with two attached hydrogens (primary N) is 1. The molecule has 0 saturated carbocycles. The molecule has 5 rings (SSSR count). The van der Waals surface area contributed by atoms with Crippen LogP contribution in [0.4, 0.5) is 5.82 Å². The zero-order valence-corrected chi connectivity index (χ0v) is 21.4. The minimum Gasteiger partial charge on any atom is -0.454 e. The number of aryl methyl sites for hydroxylation is 1. The van der Waals surface area contributed by atoms with E-state index in [9.17, 15) is 8.42 Å². The zero-order valence-electron chi connectivity index (χ0n) is 19.0. The molecule has 4 heterocycles. The number of nitrogen functional groups attached to an aromatic ring is 1. The Balaban J connectivity index is 1.54. The third kappa shape index (κ3) is 5.05. The number of nitrogens with zero attached hydrogens (tertiary/aromatic N) is 5. The molecule has 1 aromatic carbocycles. The molecule has 0 unspecified atom stereocenters. The number of hydrogen-bond donors (Lipinski definition) is 2. The van der Waals surface area contributed by atoms with Crippen LogP contribution in [0.15, 0.2) is 40.1 Å². The zero-order chi connectivity index (χ0) is 24.6. The molecule has 0 spiro atoms. The molecule has 0 saturated heterocycles. The number of hydrogen-bond acceptors (Lipinski definition) is 11. The largest absolute Gasteiger partial charge is 0.454 e. The molecule has 0 radical (unpaired) electrons. The van der Waals surface area contributed by atoms with Crippen LogP contribution in [0.2, 0.25) is 0 Å². The summed E-state index contributed by atoms with van der Waals surface area (Å²) in [5.74, 6) is 1.55. The lowest BCUT2D eigenvalue weighted by Crippen LogP contribution is -2.31. The maximum atomic E-state index is 12.6. The van der Waals surface area contributed by atoms with E-state index < -0.39 is 10.0 Å². The molecule has 184 valence electrons. The van der Waals surface area contributed by atoms with Gasteiger partial charge < -0.3 is 19.8 Å². The number of ether oxygens (including phenoxy) is 2. The van der Waals surface area contributed by atoms with Gasteiger partial charge in [0.2, 0.25) is 16.8 Å². The number of nitrogens with one attached hydrogen (secondary N) is 1. The summed E-state index contributed by atoms with van der Waals surface area (Å²) in [5.41, 5.74) is 7.81. The summed E-state index contributed by atoms with van der Waals surface area (Å²) < 4.78 is 40.7. The van der Waals surface area contributed by atoms with Crippen molar-refractivity contribution in [2.24, 2.45) is 5.92 Å². The average Bonchev–Trinajstić information content (AvgIpc) is 3.56. The highest BCUT2D eigenvalue weighted by Crippen LogP contribution is 2.45. The van der Waals surface area contributed by atoms with Crippen LogP contribution in [-0.2, 0) is 16.6 Å². The molecule has 4 aromatic rings. The smallest absolute Gasteiger partial charge is 0.231 e. The number of benzene rings is 1. The Hall–Kier alpha value is -2.94. The second kappa shape index (κ2) is 9.60. The van der Waals surface area contributed by atoms with Gasteiger partial charge in [0.25, 0.3) is 0 Å². The number of rotatable bonds is 9. The molecule has 0 bridgehead atoms. The Morgan fingerprint density at radius 1 is 1.23 bits per heavy atom. The quantitative estimate of drug-likeness (QED) is 0.329. The summed E-state index contributed by atoms with van der Waals surface area (Å²) in [6.07, 6.45) is 3.08. The Bertz CT molecular complexity index is 1470. The lowest BCUT2D eigenvalue weighted by molar-refractivity contribution is 0.174. The van der Waals surface area contributed by atoms with Crippen molar-refractivity contribution < 1.29 is 17.9 Å². The molecule has 0 fully saturated rings. The van der Waals surface area contributed by atoms with Gasteiger partial charge in [-0.05, 0) is 18.1 Å². The van der Waals surface area contributed by atoms with E-state index in [0.717, 1.165) is 15.5 Å². The molecule has 3 N–H and O–H groups in total. The molecule has 0 amide bonds. The summed E-state index contributed by atoms with van der Waals surface area (Å²) in [5, 5.41) is 3.24. The standard InChI is InChI=1S/C21H23N7O4S3/c1-12(2)9-26-35(29,30)6-4-28-19-17(18(22)24-10-25-19)27-21(28)34-16-8-15-14(31-11-32-15)7-13(16)20-23-3-5-33-20/h3,5,7-8,10,12,26H,4,6,9,11H2,1-2H3,(H2,22,24,25). The van der Waals surface area contributed by atoms with Crippen molar-refractivity contribution in [3.8, 4) is 22.1 Å². The van der Waals surface area contributed by atoms with Crippen molar-refractivity contribution >= 4 is 50.1 Å². The molecular weight excluding hydrogens is 510 g/mol. The molecule has 1 aliphatic rings. The monoisotopic (exact) mass is 533 g/mol. The van der Waals surface area contributed by atoms with Crippen LogP contribution in [0.5, 0.6) is 11.5 Å². The van der Waals surface area contributed by atoms with Crippen LogP contribution in [0.3, 0.4) is 0 Å². The van der Waals surface area contributed by atoms with Crippen LogP contribution in [0.25, 0.3) is 21.7 Å². The highest BCUT2D eigenvalue weighted by Gasteiger charge is 2.24. The fourth-order valence-corrected chi connectivity index (χ4v) is 6.36. The van der Waals surface area contributed by atoms with Crippen LogP contribution in [0, 0.1) is 5.92 Å². The normalized spacial score (nSPS) is 13.2. The van der Waals surface area contributed by atoms with Gasteiger partial charge in [-0.3, -0.25) is 0 Å². The minimum absolute atomic E-state index is 0.136. The molecule has 1 aliphatic heterocycles. The molecule has 14 heteroatoms. The predicted octanol–water partition coefficient (Wildman–Crippen LogP) is 2.99. The molecule has 11 nitrogen and oxygen atoms in total. The highest BCUT2D eigenvalue weighted by molar-refractivity contribution is 7.99. The maximum absolute atomic E-state index is 12.6. The third-order valence-electron chi connectivity index (χ3n) is 5.16. The summed E-state index contributed by atoms with van der Waals surface area (Å²) in [7, 11) is -3.50. The molecule has 3 aromatic heterocycles. The second-order valence-electron chi connectivity index (χ2n) is 8.18. The van der Waals surface area contributed by atoms with E-state index in [0.29, 0.717) is 34.4 Å². The fourth-order valence-electron chi connectivity index (χ4n) is 3.42. The Morgan fingerprint density at radius 2 is 2.03 bits per heavy atom. The van der Waals surface area contributed by atoms with Gasteiger partial charge in [-0.1, -0.05) is 25.6 Å². The van der Waals surface area contributed by atoms with Crippen molar-refractivity contribution in [2.45, 2.75) is 30.4 Å². The van der Waals surface area contributed by atoms with E-state index in [1.165, 1.54) is 29.4 Å². The highest BCUT2D eigenvalue weighted by atomic mass is 32.2. The number of imidazole rings is 1. The fraction of sp³-hybridized carbons (Fsp3) is 0.333. The Labute approximate surface area is 210 Å². The van der Waals surface area contributed by atoms with Crippen LogP contribution in [-0.4, -0.2) is 52.0 Å². The first-order chi connectivity index (χ1) is 16.8. The van der Waals surface area contributed by atoms with Crippen LogP contribution < -0.4 is 19.9 Å². The van der Waals surface area contributed by atoms with Gasteiger partial charge in [-0.2, -0.15) is 0 Å². The lowest BCUT2D eigenvalue weighted by Gasteiger charge is -2.12. The van der Waals surface area contributed by atoms with E-state index >= 15 is 0 Å². The predicted molar refractivity (Wildman–Crippen MR) is 134 cm³/mol. The molecule has 0 atom stereocenters. The third-order valence-corrected chi connectivity index (χ3v) is 8.34. The van der Waals surface area contributed by atoms with Gasteiger partial charge >= 0.3 is 0 Å². The number of sulfonamides is 1. The molecular formula is C21H23N7O4S3. The average molecular weight is 534 g/mol. The van der Waals surface area contributed by atoms with Crippen LogP contribution in [0.1, 0.15) is 13.8 Å². The maximum Gasteiger partial charge on any atom is 0.231 e. The van der Waals surface area contributed by atoms with E-state index in [1.807, 2.05) is 31.4 Å². The number of aromatic nitrogens is 5. The van der Waals surface area contributed by atoms with Crippen molar-refractivity contribution in [3.63, 3.8) is 0 Å². The first kappa shape index (κ1) is 23.8. The minimum atomic E-state index is -3.50. The van der Waals surface area contributed by atoms with Gasteiger partial charge in [-0.15, -0.1) is 11.3 Å². The van der Waals surface area contributed by atoms with Gasteiger partial charge in [0.15, 0.2) is 33.6 Å². The SMILES string of the molecule is CC(C)CNS(=O)(=O)CCn1c(Sc2cc3c(cc2-c2nccs2)OCO3)nc2c(N)ncnc21. The summed E-state index contributed by atoms with van der Waals surface area (Å²) in [4.78, 5) is 18.3. The van der Waals surface area contributed by atoms with E-state index in [4.69, 9.17) is 15.2 Å². The number of fused-ring (bicyclic) bond motifs is 2. The number of thiazole rings is 1. The van der Waals surface area contributed by atoms with E-state index in [2.05, 4.69) is 24.7 Å². The summed E-state index contributed by atoms with van der Waals surface area (Å²) in [6, 6.07) is 3.77. The Kier molecular flexibility index (Phi) is 6.53. The van der Waals surface area contributed by atoms with Crippen molar-refractivity contribution in [3.05, 3.63) is 30.0 Å². The van der Waals surface area contributed by atoms with Gasteiger partial charge in [0, 0.05) is 35.1 Å².